The number of likely N-dealkylation sites (tertiary alicyclic amines) is 1. The molecule has 3 aliphatic rings. The van der Waals surface area contributed by atoms with Gasteiger partial charge >= 0.3 is 12.0 Å². The fourth-order valence-corrected chi connectivity index (χ4v) is 6.53. The van der Waals surface area contributed by atoms with Crippen LogP contribution in [0.15, 0.2) is 30.3 Å². The SMILES string of the molecule is C[C@H](OC(=O)[C@@H](NC(=O)N[C@H](C(=O)N1C[C@@H]2C[C@@H]2[C@H]1C(=O)NC(CC1CCC1)C(=O)C(N)=O)C(C)(C)C)C(C)(C)C)c1ccccc1. The molecule has 1 aromatic rings. The van der Waals surface area contributed by atoms with Gasteiger partial charge in [0.05, 0.1) is 6.04 Å². The third-order valence-corrected chi connectivity index (χ3v) is 9.70. The van der Waals surface area contributed by atoms with Crippen LogP contribution < -0.4 is 21.7 Å². The van der Waals surface area contributed by atoms with E-state index in [9.17, 15) is 28.8 Å². The third kappa shape index (κ3) is 8.70. The van der Waals surface area contributed by atoms with E-state index >= 15 is 0 Å². The maximum absolute atomic E-state index is 14.2. The lowest BCUT2D eigenvalue weighted by Gasteiger charge is -2.37. The number of nitrogens with one attached hydrogen (secondary N) is 3. The summed E-state index contributed by atoms with van der Waals surface area (Å²) in [6, 6.07) is 4.58. The number of urea groups is 1. The molecule has 1 saturated heterocycles. The van der Waals surface area contributed by atoms with Gasteiger partial charge in [0.1, 0.15) is 24.2 Å². The molecule has 1 heterocycles. The van der Waals surface area contributed by atoms with Gasteiger partial charge in [0.15, 0.2) is 0 Å². The van der Waals surface area contributed by atoms with Crippen molar-refractivity contribution in [2.45, 2.75) is 111 Å². The molecule has 2 saturated carbocycles. The fourth-order valence-electron chi connectivity index (χ4n) is 6.53. The summed E-state index contributed by atoms with van der Waals surface area (Å²) in [4.78, 5) is 80.5. The molecule has 12 heteroatoms. The summed E-state index contributed by atoms with van der Waals surface area (Å²) < 4.78 is 5.73. The van der Waals surface area contributed by atoms with Gasteiger partial charge in [-0.3, -0.25) is 19.2 Å². The van der Waals surface area contributed by atoms with Gasteiger partial charge in [-0.15, -0.1) is 0 Å². The van der Waals surface area contributed by atoms with E-state index in [1.165, 1.54) is 4.90 Å². The second-order valence-corrected chi connectivity index (χ2v) is 15.6. The van der Waals surface area contributed by atoms with Gasteiger partial charge in [-0.2, -0.15) is 0 Å². The molecule has 4 rings (SSSR count). The number of hydrogen-bond donors (Lipinski definition) is 4. The fraction of sp³-hybridized carbons (Fsp3) is 0.657. The van der Waals surface area contributed by atoms with E-state index in [4.69, 9.17) is 10.5 Å². The van der Waals surface area contributed by atoms with Crippen LogP contribution in [0.1, 0.15) is 92.2 Å². The Labute approximate surface area is 277 Å². The molecule has 1 aliphatic heterocycles. The minimum atomic E-state index is -1.10. The predicted molar refractivity (Wildman–Crippen MR) is 174 cm³/mol. The molecule has 1 unspecified atom stereocenters. The Morgan fingerprint density at radius 2 is 1.51 bits per heavy atom. The van der Waals surface area contributed by atoms with Crippen LogP contribution in [-0.2, 0) is 28.7 Å². The molecule has 3 fully saturated rings. The zero-order chi connectivity index (χ0) is 34.8. The van der Waals surface area contributed by atoms with Crippen LogP contribution in [0.3, 0.4) is 0 Å². The third-order valence-electron chi connectivity index (χ3n) is 9.70. The minimum absolute atomic E-state index is 0.0759. The number of ether oxygens (including phenoxy) is 1. The van der Waals surface area contributed by atoms with Gasteiger partial charge in [0, 0.05) is 6.54 Å². The van der Waals surface area contributed by atoms with E-state index in [1.807, 2.05) is 30.3 Å². The van der Waals surface area contributed by atoms with Gasteiger partial charge in [-0.1, -0.05) is 91.1 Å². The van der Waals surface area contributed by atoms with Crippen LogP contribution in [0.2, 0.25) is 0 Å². The van der Waals surface area contributed by atoms with E-state index in [0.29, 0.717) is 13.0 Å². The highest BCUT2D eigenvalue weighted by Crippen LogP contribution is 2.50. The number of carbonyl (C=O) groups is 6. The highest BCUT2D eigenvalue weighted by atomic mass is 16.5. The number of amides is 5. The number of Topliss-reactive ketones (excluding diaryl/α,β-unsaturated/α-hetero) is 1. The molecule has 1 aromatic carbocycles. The number of primary amides is 1. The van der Waals surface area contributed by atoms with Gasteiger partial charge < -0.3 is 31.3 Å². The molecular formula is C35H51N5O7. The molecule has 12 nitrogen and oxygen atoms in total. The van der Waals surface area contributed by atoms with Crippen LogP contribution in [0.4, 0.5) is 4.79 Å². The van der Waals surface area contributed by atoms with Gasteiger partial charge in [0.2, 0.25) is 17.6 Å². The lowest BCUT2D eigenvalue weighted by molar-refractivity contribution is -0.153. The number of rotatable bonds is 12. The summed E-state index contributed by atoms with van der Waals surface area (Å²) in [5, 5.41) is 8.27. The molecular weight excluding hydrogens is 602 g/mol. The second kappa shape index (κ2) is 14.0. The van der Waals surface area contributed by atoms with Gasteiger partial charge in [-0.25, -0.2) is 9.59 Å². The van der Waals surface area contributed by atoms with Crippen molar-refractivity contribution in [3.63, 3.8) is 0 Å². The molecule has 0 bridgehead atoms. The molecule has 5 amide bonds. The number of hydrogen-bond acceptors (Lipinski definition) is 7. The lowest BCUT2D eigenvalue weighted by Crippen LogP contribution is -2.62. The molecule has 0 spiro atoms. The summed E-state index contributed by atoms with van der Waals surface area (Å²) in [5.41, 5.74) is 4.62. The monoisotopic (exact) mass is 653 g/mol. The number of nitrogens with two attached hydrogens (primary N) is 1. The summed E-state index contributed by atoms with van der Waals surface area (Å²) in [6.07, 6.45) is 3.42. The van der Waals surface area contributed by atoms with Crippen molar-refractivity contribution < 1.29 is 33.5 Å². The summed E-state index contributed by atoms with van der Waals surface area (Å²) in [7, 11) is 0. The largest absolute Gasteiger partial charge is 0.456 e. The number of piperidine rings is 1. The Hall–Kier alpha value is -3.96. The van der Waals surface area contributed by atoms with Crippen LogP contribution in [0.5, 0.6) is 0 Å². The number of carbonyl (C=O) groups excluding carboxylic acids is 6. The van der Waals surface area contributed by atoms with E-state index < -0.39 is 76.6 Å². The zero-order valence-corrected chi connectivity index (χ0v) is 28.6. The Bertz CT molecular complexity index is 1360. The average Bonchev–Trinajstić information content (AvgIpc) is 3.62. The van der Waals surface area contributed by atoms with E-state index in [2.05, 4.69) is 16.0 Å². The van der Waals surface area contributed by atoms with Gasteiger partial charge in [-0.05, 0) is 53.9 Å². The Morgan fingerprint density at radius 3 is 2.04 bits per heavy atom. The topological polar surface area (TPSA) is 177 Å². The van der Waals surface area contributed by atoms with Crippen LogP contribution in [-0.4, -0.2) is 71.1 Å². The van der Waals surface area contributed by atoms with Crippen LogP contribution in [0.25, 0.3) is 0 Å². The number of benzene rings is 1. The maximum Gasteiger partial charge on any atom is 0.329 e. The van der Waals surface area contributed by atoms with Crippen LogP contribution >= 0.6 is 0 Å². The van der Waals surface area contributed by atoms with Crippen molar-refractivity contribution in [3.05, 3.63) is 35.9 Å². The van der Waals surface area contributed by atoms with Crippen molar-refractivity contribution >= 4 is 35.5 Å². The Morgan fingerprint density at radius 1 is 0.915 bits per heavy atom. The number of nitrogens with zero attached hydrogens (tertiary/aromatic N) is 1. The average molecular weight is 654 g/mol. The highest BCUT2D eigenvalue weighted by molar-refractivity contribution is 6.37. The zero-order valence-electron chi connectivity index (χ0n) is 28.6. The quantitative estimate of drug-likeness (QED) is 0.198. The molecule has 0 aromatic heterocycles. The standard InChI is InChI=1S/C35H51N5O7/c1-19(21-14-9-8-10-15-21)47-32(45)28(35(5,6)7)39-33(46)38-27(34(2,3)4)31(44)40-18-22-17-23(22)25(40)30(43)37-24(26(41)29(36)42)16-20-12-11-13-20/h8-10,14-15,19-20,22-25,27-28H,11-13,16-18H2,1-7H3,(H2,36,42)(H,37,43)(H2,38,39,46)/t19-,22-,23-,24?,25-,27+,28+/m0/s1. The molecule has 5 N–H and O–H groups in total. The first-order chi connectivity index (χ1) is 21.9. The Kier molecular flexibility index (Phi) is 10.7. The summed E-state index contributed by atoms with van der Waals surface area (Å²) in [6.45, 7) is 12.9. The van der Waals surface area contributed by atoms with Crippen molar-refractivity contribution in [1.82, 2.24) is 20.9 Å². The highest BCUT2D eigenvalue weighted by Gasteiger charge is 2.58. The lowest BCUT2D eigenvalue weighted by atomic mass is 9.80. The molecule has 258 valence electrons. The van der Waals surface area contributed by atoms with Crippen molar-refractivity contribution in [3.8, 4) is 0 Å². The van der Waals surface area contributed by atoms with Gasteiger partial charge in [0.25, 0.3) is 5.91 Å². The smallest absolute Gasteiger partial charge is 0.329 e. The summed E-state index contributed by atoms with van der Waals surface area (Å²) >= 11 is 0. The molecule has 2 aliphatic carbocycles. The summed E-state index contributed by atoms with van der Waals surface area (Å²) in [5.74, 6) is -3.21. The maximum atomic E-state index is 14.2. The van der Waals surface area contributed by atoms with E-state index in [1.54, 1.807) is 48.5 Å². The normalized spacial score (nSPS) is 23.2. The number of fused-ring (bicyclic) bond motifs is 1. The van der Waals surface area contributed by atoms with Crippen LogP contribution in [0, 0.1) is 28.6 Å². The van der Waals surface area contributed by atoms with Crippen molar-refractivity contribution in [2.75, 3.05) is 6.54 Å². The molecule has 47 heavy (non-hydrogen) atoms. The first-order valence-electron chi connectivity index (χ1n) is 16.7. The number of ketones is 1. The molecule has 7 atom stereocenters. The van der Waals surface area contributed by atoms with Crippen molar-refractivity contribution in [1.29, 1.82) is 0 Å². The number of esters is 1. The van der Waals surface area contributed by atoms with Crippen molar-refractivity contribution in [2.24, 2.45) is 34.3 Å². The Balaban J connectivity index is 1.47. The van der Waals surface area contributed by atoms with E-state index in [0.717, 1.165) is 31.2 Å². The minimum Gasteiger partial charge on any atom is -0.456 e. The molecule has 0 radical (unpaired) electrons. The predicted octanol–water partition coefficient (Wildman–Crippen LogP) is 3.00. The second-order valence-electron chi connectivity index (χ2n) is 15.6. The van der Waals surface area contributed by atoms with E-state index in [-0.39, 0.29) is 17.8 Å². The first-order valence-corrected chi connectivity index (χ1v) is 16.7. The first kappa shape index (κ1) is 35.9.